The Balaban J connectivity index is 1.37. The number of nitriles is 1. The smallest absolute Gasteiger partial charge is 0.255 e. The molecule has 1 aromatic heterocycles. The lowest BCUT2D eigenvalue weighted by molar-refractivity contribution is 0.0663. The zero-order valence-corrected chi connectivity index (χ0v) is 17.4. The van der Waals surface area contributed by atoms with Crippen LogP contribution in [0.15, 0.2) is 29.1 Å². The van der Waals surface area contributed by atoms with Gasteiger partial charge in [-0.25, -0.2) is 4.98 Å². The maximum absolute atomic E-state index is 13.0. The van der Waals surface area contributed by atoms with Crippen molar-refractivity contribution in [2.24, 2.45) is 0 Å². The molecule has 2 fully saturated rings. The summed E-state index contributed by atoms with van der Waals surface area (Å²) in [5, 5.41) is 9.11. The second-order valence-electron chi connectivity index (χ2n) is 8.58. The van der Waals surface area contributed by atoms with Crippen molar-refractivity contribution >= 4 is 11.9 Å². The van der Waals surface area contributed by atoms with Gasteiger partial charge in [0.15, 0.2) is 0 Å². The van der Waals surface area contributed by atoms with Crippen molar-refractivity contribution in [1.29, 1.82) is 5.26 Å². The molecule has 160 valence electrons. The molecule has 8 nitrogen and oxygen atoms in total. The van der Waals surface area contributed by atoms with Crippen LogP contribution in [0.3, 0.4) is 0 Å². The minimum absolute atomic E-state index is 0.0322. The van der Waals surface area contributed by atoms with E-state index in [1.807, 2.05) is 4.90 Å². The molecule has 2 aliphatic heterocycles. The van der Waals surface area contributed by atoms with Gasteiger partial charge in [-0.15, -0.1) is 0 Å². The van der Waals surface area contributed by atoms with Crippen LogP contribution in [0, 0.1) is 11.3 Å². The number of nitrogens with one attached hydrogen (secondary N) is 1. The van der Waals surface area contributed by atoms with Gasteiger partial charge in [-0.1, -0.05) is 6.07 Å². The van der Waals surface area contributed by atoms with E-state index in [1.54, 1.807) is 24.3 Å². The highest BCUT2D eigenvalue weighted by Gasteiger charge is 2.45. The molecule has 0 atom stereocenters. The normalized spacial score (nSPS) is 19.8. The molecule has 3 aliphatic rings. The van der Waals surface area contributed by atoms with Crippen molar-refractivity contribution in [3.8, 4) is 6.07 Å². The van der Waals surface area contributed by atoms with Crippen LogP contribution < -0.4 is 10.5 Å². The number of hydrogen-bond donors (Lipinski definition) is 1. The summed E-state index contributed by atoms with van der Waals surface area (Å²) in [6.07, 6.45) is 3.22. The largest absolute Gasteiger partial charge is 0.378 e. The fraction of sp³-hybridized carbons (Fsp3) is 0.478. The Labute approximate surface area is 180 Å². The number of nitrogens with zero attached hydrogens (tertiary/aromatic N) is 4. The summed E-state index contributed by atoms with van der Waals surface area (Å²) in [6, 6.07) is 8.94. The molecule has 2 saturated heterocycles. The van der Waals surface area contributed by atoms with Crippen LogP contribution in [0.1, 0.15) is 46.4 Å². The van der Waals surface area contributed by atoms with Gasteiger partial charge in [0, 0.05) is 42.7 Å². The molecule has 3 heterocycles. The molecule has 0 bridgehead atoms. The number of piperidine rings is 1. The second-order valence-corrected chi connectivity index (χ2v) is 8.58. The number of H-pyrrole nitrogens is 1. The zero-order chi connectivity index (χ0) is 21.4. The number of morpholine rings is 1. The molecule has 0 unspecified atom stereocenters. The average molecular weight is 419 g/mol. The second kappa shape index (κ2) is 7.82. The standard InChI is InChI=1S/C23H25N5O3/c24-15-16-2-1-3-17(14-16)21(30)27-8-6-23(7-9-27)5-4-18-19(23)25-22(26-20(18)29)28-10-12-31-13-11-28/h1-3,14H,4-13H2,(H,25,26,29). The number of aromatic amines is 1. The van der Waals surface area contributed by atoms with Crippen molar-refractivity contribution in [2.45, 2.75) is 31.1 Å². The van der Waals surface area contributed by atoms with Crippen molar-refractivity contribution in [1.82, 2.24) is 14.9 Å². The van der Waals surface area contributed by atoms with Crippen LogP contribution in [-0.4, -0.2) is 60.2 Å². The number of anilines is 1. The lowest BCUT2D eigenvalue weighted by Gasteiger charge is -2.39. The van der Waals surface area contributed by atoms with Gasteiger partial charge in [0.2, 0.25) is 5.95 Å². The lowest BCUT2D eigenvalue weighted by atomic mass is 9.76. The maximum Gasteiger partial charge on any atom is 0.255 e. The molecule has 1 N–H and O–H groups in total. The van der Waals surface area contributed by atoms with Crippen molar-refractivity contribution in [2.75, 3.05) is 44.3 Å². The van der Waals surface area contributed by atoms with Gasteiger partial charge in [0.05, 0.1) is 30.5 Å². The van der Waals surface area contributed by atoms with Crippen LogP contribution in [-0.2, 0) is 16.6 Å². The van der Waals surface area contributed by atoms with E-state index in [2.05, 4.69) is 16.0 Å². The third-order valence-electron chi connectivity index (χ3n) is 6.92. The summed E-state index contributed by atoms with van der Waals surface area (Å²) in [5.74, 6) is 0.596. The first-order chi connectivity index (χ1) is 15.1. The predicted molar refractivity (Wildman–Crippen MR) is 114 cm³/mol. The van der Waals surface area contributed by atoms with E-state index >= 15 is 0 Å². The van der Waals surface area contributed by atoms with Gasteiger partial charge in [-0.05, 0) is 43.9 Å². The summed E-state index contributed by atoms with van der Waals surface area (Å²) >= 11 is 0. The maximum atomic E-state index is 13.0. The quantitative estimate of drug-likeness (QED) is 0.793. The average Bonchev–Trinajstić information content (AvgIpc) is 3.18. The summed E-state index contributed by atoms with van der Waals surface area (Å²) in [6.45, 7) is 3.95. The van der Waals surface area contributed by atoms with E-state index in [9.17, 15) is 9.59 Å². The molecule has 31 heavy (non-hydrogen) atoms. The number of hydrogen-bond acceptors (Lipinski definition) is 6. The summed E-state index contributed by atoms with van der Waals surface area (Å²) < 4.78 is 5.42. The van der Waals surface area contributed by atoms with Gasteiger partial charge in [-0.3, -0.25) is 14.6 Å². The SMILES string of the molecule is N#Cc1cccc(C(=O)N2CCC3(CCc4c3nc(N3CCOCC3)[nH]c4=O)CC2)c1. The lowest BCUT2D eigenvalue weighted by Crippen LogP contribution is -2.45. The molecule has 0 saturated carbocycles. The monoisotopic (exact) mass is 419 g/mol. The third-order valence-corrected chi connectivity index (χ3v) is 6.92. The van der Waals surface area contributed by atoms with E-state index in [1.165, 1.54) is 0 Å². The number of carbonyl (C=O) groups excluding carboxylic acids is 1. The van der Waals surface area contributed by atoms with Crippen LogP contribution in [0.25, 0.3) is 0 Å². The van der Waals surface area contributed by atoms with Gasteiger partial charge >= 0.3 is 0 Å². The highest BCUT2D eigenvalue weighted by atomic mass is 16.5. The molecule has 1 spiro atoms. The Hall–Kier alpha value is -3.18. The Bertz CT molecular complexity index is 1100. The molecule has 1 amide bonds. The number of ether oxygens (including phenoxy) is 1. The van der Waals surface area contributed by atoms with E-state index in [4.69, 9.17) is 15.0 Å². The number of fused-ring (bicyclic) bond motifs is 2. The first-order valence-corrected chi connectivity index (χ1v) is 10.9. The zero-order valence-electron chi connectivity index (χ0n) is 17.4. The number of likely N-dealkylation sites (tertiary alicyclic amines) is 1. The molecule has 1 aromatic carbocycles. The number of rotatable bonds is 2. The van der Waals surface area contributed by atoms with Crippen LogP contribution in [0.4, 0.5) is 5.95 Å². The number of carbonyl (C=O) groups is 1. The van der Waals surface area contributed by atoms with Crippen LogP contribution in [0.5, 0.6) is 0 Å². The Morgan fingerprint density at radius 1 is 1.16 bits per heavy atom. The van der Waals surface area contributed by atoms with E-state index < -0.39 is 0 Å². The van der Waals surface area contributed by atoms with Crippen molar-refractivity contribution in [3.63, 3.8) is 0 Å². The Morgan fingerprint density at radius 2 is 1.94 bits per heavy atom. The topological polar surface area (TPSA) is 102 Å². The number of amides is 1. The summed E-state index contributed by atoms with van der Waals surface area (Å²) in [4.78, 5) is 37.6. The predicted octanol–water partition coefficient (Wildman–Crippen LogP) is 1.60. The van der Waals surface area contributed by atoms with Gasteiger partial charge in [0.1, 0.15) is 0 Å². The molecular weight excluding hydrogens is 394 g/mol. The van der Waals surface area contributed by atoms with Gasteiger partial charge in [-0.2, -0.15) is 5.26 Å². The molecule has 2 aromatic rings. The van der Waals surface area contributed by atoms with E-state index in [-0.39, 0.29) is 16.9 Å². The first kappa shape index (κ1) is 19.8. The van der Waals surface area contributed by atoms with Crippen molar-refractivity contribution in [3.05, 3.63) is 57.0 Å². The fourth-order valence-electron chi connectivity index (χ4n) is 5.09. The Morgan fingerprint density at radius 3 is 2.68 bits per heavy atom. The fourth-order valence-corrected chi connectivity index (χ4v) is 5.09. The first-order valence-electron chi connectivity index (χ1n) is 10.9. The van der Waals surface area contributed by atoms with Crippen molar-refractivity contribution < 1.29 is 9.53 Å². The molecule has 1 aliphatic carbocycles. The summed E-state index contributed by atoms with van der Waals surface area (Å²) in [5.41, 5.74) is 2.59. The third kappa shape index (κ3) is 3.49. The van der Waals surface area contributed by atoms with Crippen LogP contribution in [0.2, 0.25) is 0 Å². The van der Waals surface area contributed by atoms with Crippen LogP contribution >= 0.6 is 0 Å². The van der Waals surface area contributed by atoms with E-state index in [0.717, 1.165) is 50.0 Å². The van der Waals surface area contributed by atoms with Gasteiger partial charge < -0.3 is 14.5 Å². The highest BCUT2D eigenvalue weighted by Crippen LogP contribution is 2.44. The summed E-state index contributed by atoms with van der Waals surface area (Å²) in [7, 11) is 0. The molecule has 5 rings (SSSR count). The molecule has 0 radical (unpaired) electrons. The number of aromatic nitrogens is 2. The number of benzene rings is 1. The molecular formula is C23H25N5O3. The highest BCUT2D eigenvalue weighted by molar-refractivity contribution is 5.94. The van der Waals surface area contributed by atoms with E-state index in [0.29, 0.717) is 43.4 Å². The Kier molecular flexibility index (Phi) is 4.98. The minimum atomic E-state index is -0.143. The molecule has 8 heteroatoms. The van der Waals surface area contributed by atoms with Gasteiger partial charge in [0.25, 0.3) is 11.5 Å². The minimum Gasteiger partial charge on any atom is -0.378 e.